The topological polar surface area (TPSA) is 89.1 Å². The number of nitrogens with one attached hydrogen (secondary N) is 2. The van der Waals surface area contributed by atoms with Crippen molar-refractivity contribution in [3.63, 3.8) is 0 Å². The van der Waals surface area contributed by atoms with Gasteiger partial charge >= 0.3 is 6.03 Å². The molecule has 2 N–H and O–H groups in total. The Morgan fingerprint density at radius 2 is 1.88 bits per heavy atom. The van der Waals surface area contributed by atoms with Crippen molar-refractivity contribution >= 4 is 23.3 Å². The lowest BCUT2D eigenvalue weighted by atomic mass is 9.93. The fraction of sp³-hybridized carbons (Fsp3) is 0.417. The zero-order valence-electron chi connectivity index (χ0n) is 19.3. The summed E-state index contributed by atoms with van der Waals surface area (Å²) in [5.74, 6) is 1.84. The molecule has 1 aliphatic heterocycles. The summed E-state index contributed by atoms with van der Waals surface area (Å²) in [5.41, 5.74) is 1.55. The van der Waals surface area contributed by atoms with E-state index in [9.17, 15) is 9.59 Å². The van der Waals surface area contributed by atoms with E-state index in [-0.39, 0.29) is 18.5 Å². The Kier molecular flexibility index (Phi) is 7.12. The first-order chi connectivity index (χ1) is 15.3. The first kappa shape index (κ1) is 23.2. The third-order valence-corrected chi connectivity index (χ3v) is 5.27. The van der Waals surface area contributed by atoms with Gasteiger partial charge in [0.15, 0.2) is 11.5 Å². The van der Waals surface area contributed by atoms with Gasteiger partial charge in [-0.3, -0.25) is 4.79 Å². The van der Waals surface area contributed by atoms with E-state index < -0.39 is 5.41 Å². The van der Waals surface area contributed by atoms with Crippen LogP contribution in [0.25, 0.3) is 0 Å². The van der Waals surface area contributed by atoms with Crippen molar-refractivity contribution in [1.82, 2.24) is 5.32 Å². The van der Waals surface area contributed by atoms with Gasteiger partial charge in [-0.05, 0) is 50.1 Å². The standard InChI is InChI=1S/C24H31N3O5/c1-6-11-27-18-9-8-17(13-20(18)32-15-24(2,3)22(27)28)26-23(29)25-14-16-7-10-19(30-4)21(12-16)31-5/h7-10,12-13H,6,11,14-15H2,1-5H3,(H2,25,26,29). The molecule has 1 aliphatic rings. The second-order valence-corrected chi connectivity index (χ2v) is 8.31. The number of anilines is 2. The van der Waals surface area contributed by atoms with Crippen LogP contribution < -0.4 is 29.7 Å². The Morgan fingerprint density at radius 3 is 2.56 bits per heavy atom. The largest absolute Gasteiger partial charge is 0.493 e. The van der Waals surface area contributed by atoms with E-state index in [1.54, 1.807) is 37.3 Å². The van der Waals surface area contributed by atoms with Crippen molar-refractivity contribution in [1.29, 1.82) is 0 Å². The Hall–Kier alpha value is -3.42. The van der Waals surface area contributed by atoms with Gasteiger partial charge in [0.1, 0.15) is 12.4 Å². The van der Waals surface area contributed by atoms with Gasteiger partial charge in [0.25, 0.3) is 0 Å². The van der Waals surface area contributed by atoms with Crippen LogP contribution in [0.3, 0.4) is 0 Å². The lowest BCUT2D eigenvalue weighted by molar-refractivity contribution is -0.127. The molecule has 3 amide bonds. The maximum atomic E-state index is 12.9. The summed E-state index contributed by atoms with van der Waals surface area (Å²) >= 11 is 0. The van der Waals surface area contributed by atoms with E-state index in [0.29, 0.717) is 36.0 Å². The number of hydrogen-bond donors (Lipinski definition) is 2. The first-order valence-electron chi connectivity index (χ1n) is 10.6. The van der Waals surface area contributed by atoms with Crippen LogP contribution in [0.2, 0.25) is 0 Å². The molecule has 172 valence electrons. The van der Waals surface area contributed by atoms with Gasteiger partial charge in [0.2, 0.25) is 5.91 Å². The Labute approximate surface area is 188 Å². The van der Waals surface area contributed by atoms with Crippen molar-refractivity contribution in [3.8, 4) is 17.2 Å². The molecular weight excluding hydrogens is 410 g/mol. The zero-order valence-corrected chi connectivity index (χ0v) is 19.3. The van der Waals surface area contributed by atoms with Crippen LogP contribution >= 0.6 is 0 Å². The number of urea groups is 1. The second kappa shape index (κ2) is 9.80. The smallest absolute Gasteiger partial charge is 0.319 e. The number of benzene rings is 2. The maximum Gasteiger partial charge on any atom is 0.319 e. The Bertz CT molecular complexity index is 990. The molecule has 0 radical (unpaired) electrons. The predicted octanol–water partition coefficient (Wildman–Crippen LogP) is 4.19. The molecule has 0 aliphatic carbocycles. The highest BCUT2D eigenvalue weighted by molar-refractivity contribution is 6.00. The van der Waals surface area contributed by atoms with Gasteiger partial charge in [-0.1, -0.05) is 13.0 Å². The summed E-state index contributed by atoms with van der Waals surface area (Å²) < 4.78 is 16.5. The average Bonchev–Trinajstić information content (AvgIpc) is 2.87. The molecular formula is C24H31N3O5. The fourth-order valence-corrected chi connectivity index (χ4v) is 3.52. The number of rotatable bonds is 7. The van der Waals surface area contributed by atoms with Crippen LogP contribution in [-0.4, -0.2) is 39.3 Å². The van der Waals surface area contributed by atoms with Crippen LogP contribution in [0.1, 0.15) is 32.8 Å². The first-order valence-corrected chi connectivity index (χ1v) is 10.6. The normalized spacial score (nSPS) is 14.7. The fourth-order valence-electron chi connectivity index (χ4n) is 3.52. The van der Waals surface area contributed by atoms with Gasteiger partial charge in [0, 0.05) is 24.8 Å². The van der Waals surface area contributed by atoms with E-state index in [4.69, 9.17) is 14.2 Å². The lowest BCUT2D eigenvalue weighted by Gasteiger charge is -2.27. The van der Waals surface area contributed by atoms with Crippen LogP contribution in [0, 0.1) is 5.41 Å². The molecule has 2 aromatic carbocycles. The molecule has 0 spiro atoms. The summed E-state index contributed by atoms with van der Waals surface area (Å²) in [6, 6.07) is 10.5. The summed E-state index contributed by atoms with van der Waals surface area (Å²) in [4.78, 5) is 27.1. The molecule has 0 fully saturated rings. The van der Waals surface area contributed by atoms with E-state index in [1.807, 2.05) is 39.0 Å². The molecule has 1 heterocycles. The van der Waals surface area contributed by atoms with Gasteiger partial charge in [-0.2, -0.15) is 0 Å². The monoisotopic (exact) mass is 441 g/mol. The number of carbonyl (C=O) groups excluding carboxylic acids is 2. The van der Waals surface area contributed by atoms with Crippen LogP contribution in [0.15, 0.2) is 36.4 Å². The Morgan fingerprint density at radius 1 is 1.12 bits per heavy atom. The number of fused-ring (bicyclic) bond motifs is 1. The molecule has 0 aromatic heterocycles. The minimum Gasteiger partial charge on any atom is -0.493 e. The number of nitrogens with zero attached hydrogens (tertiary/aromatic N) is 1. The van der Waals surface area contributed by atoms with E-state index in [1.165, 1.54) is 0 Å². The van der Waals surface area contributed by atoms with Crippen molar-refractivity contribution < 1.29 is 23.8 Å². The Balaban J connectivity index is 1.69. The third-order valence-electron chi connectivity index (χ3n) is 5.27. The predicted molar refractivity (Wildman–Crippen MR) is 124 cm³/mol. The van der Waals surface area contributed by atoms with Gasteiger partial charge < -0.3 is 29.7 Å². The van der Waals surface area contributed by atoms with Gasteiger partial charge in [0.05, 0.1) is 25.3 Å². The quantitative estimate of drug-likeness (QED) is 0.673. The maximum absolute atomic E-state index is 12.9. The van der Waals surface area contributed by atoms with Crippen molar-refractivity contribution in [3.05, 3.63) is 42.0 Å². The van der Waals surface area contributed by atoms with Crippen LogP contribution in [-0.2, 0) is 11.3 Å². The average molecular weight is 442 g/mol. The second-order valence-electron chi connectivity index (χ2n) is 8.31. The van der Waals surface area contributed by atoms with Crippen molar-refractivity contribution in [2.24, 2.45) is 5.41 Å². The van der Waals surface area contributed by atoms with E-state index >= 15 is 0 Å². The highest BCUT2D eigenvalue weighted by atomic mass is 16.5. The number of ether oxygens (including phenoxy) is 3. The molecule has 0 unspecified atom stereocenters. The lowest BCUT2D eigenvalue weighted by Crippen LogP contribution is -2.42. The minimum absolute atomic E-state index is 0.0338. The number of amides is 3. The molecule has 0 saturated heterocycles. The summed E-state index contributed by atoms with van der Waals surface area (Å²) in [7, 11) is 3.14. The van der Waals surface area contributed by atoms with E-state index in [2.05, 4.69) is 10.6 Å². The zero-order chi connectivity index (χ0) is 23.3. The summed E-state index contributed by atoms with van der Waals surface area (Å²) in [6.07, 6.45) is 0.833. The van der Waals surface area contributed by atoms with Crippen LogP contribution in [0.4, 0.5) is 16.2 Å². The minimum atomic E-state index is -0.626. The van der Waals surface area contributed by atoms with Crippen molar-refractivity contribution in [2.75, 3.05) is 37.6 Å². The number of hydrogen-bond acceptors (Lipinski definition) is 5. The molecule has 0 bridgehead atoms. The van der Waals surface area contributed by atoms with Crippen molar-refractivity contribution in [2.45, 2.75) is 33.7 Å². The molecule has 32 heavy (non-hydrogen) atoms. The SMILES string of the molecule is CCCN1C(=O)C(C)(C)COc2cc(NC(=O)NCc3ccc(OC)c(OC)c3)ccc21. The summed E-state index contributed by atoms with van der Waals surface area (Å²) in [5, 5.41) is 5.65. The highest BCUT2D eigenvalue weighted by Crippen LogP contribution is 2.38. The molecule has 0 saturated carbocycles. The van der Waals surface area contributed by atoms with Gasteiger partial charge in [-0.15, -0.1) is 0 Å². The highest BCUT2D eigenvalue weighted by Gasteiger charge is 2.37. The molecule has 2 aromatic rings. The van der Waals surface area contributed by atoms with Crippen LogP contribution in [0.5, 0.6) is 17.2 Å². The third kappa shape index (κ3) is 5.07. The molecule has 0 atom stereocenters. The molecule has 8 nitrogen and oxygen atoms in total. The molecule has 8 heteroatoms. The summed E-state index contributed by atoms with van der Waals surface area (Å²) in [6.45, 7) is 6.99. The number of methoxy groups -OCH3 is 2. The number of carbonyl (C=O) groups is 2. The molecule has 3 rings (SSSR count). The van der Waals surface area contributed by atoms with Gasteiger partial charge in [-0.25, -0.2) is 4.79 Å². The van der Waals surface area contributed by atoms with E-state index in [0.717, 1.165) is 17.7 Å².